The average Bonchev–Trinajstić information content (AvgIpc) is 2.99. The number of hydrogen-bond acceptors (Lipinski definition) is 4. The molecule has 5 nitrogen and oxygen atoms in total. The molecule has 1 aromatic heterocycles. The van der Waals surface area contributed by atoms with Gasteiger partial charge in [0.15, 0.2) is 0 Å². The average molecular weight is 351 g/mol. The highest BCUT2D eigenvalue weighted by Crippen LogP contribution is 2.23. The molecule has 2 aromatic rings. The highest BCUT2D eigenvalue weighted by molar-refractivity contribution is 6.38. The summed E-state index contributed by atoms with van der Waals surface area (Å²) in [5.74, 6) is 1.18. The van der Waals surface area contributed by atoms with Gasteiger partial charge < -0.3 is 9.47 Å². The molecular weight excluding hydrogens is 322 g/mol. The zero-order valence-corrected chi connectivity index (χ0v) is 16.1. The molecule has 0 amide bonds. The van der Waals surface area contributed by atoms with Gasteiger partial charge in [0.2, 0.25) is 0 Å². The van der Waals surface area contributed by atoms with Gasteiger partial charge in [-0.15, -0.1) is 0 Å². The summed E-state index contributed by atoms with van der Waals surface area (Å²) in [5, 5.41) is 0. The van der Waals surface area contributed by atoms with Gasteiger partial charge in [0, 0.05) is 44.0 Å². The standard InChI is InChI=1S/C21H29N5/c1-5-23-19(15-22-3)16-10-11-20-18(13-16)24-21(26(20)6-2)14-17-9-7-8-12-25(17)4/h5,10-11,13,15,17H,1,6-9,12,14H2,2-4H3. The molecule has 0 N–H and O–H groups in total. The molecule has 0 bridgehead atoms. The van der Waals surface area contributed by atoms with E-state index >= 15 is 0 Å². The molecular formula is C21H29N5. The minimum atomic E-state index is 0.593. The summed E-state index contributed by atoms with van der Waals surface area (Å²) in [4.78, 5) is 15.9. The zero-order valence-electron chi connectivity index (χ0n) is 16.1. The fraction of sp³-hybridized carbons (Fsp3) is 0.476. The van der Waals surface area contributed by atoms with E-state index in [4.69, 9.17) is 4.98 Å². The van der Waals surface area contributed by atoms with Crippen molar-refractivity contribution >= 4 is 23.0 Å². The van der Waals surface area contributed by atoms with E-state index in [0.717, 1.165) is 29.8 Å². The molecule has 0 spiro atoms. The van der Waals surface area contributed by atoms with Crippen molar-refractivity contribution in [3.8, 4) is 0 Å². The maximum Gasteiger partial charge on any atom is 0.111 e. The number of fused-ring (bicyclic) bond motifs is 1. The lowest BCUT2D eigenvalue weighted by Crippen LogP contribution is -2.38. The summed E-state index contributed by atoms with van der Waals surface area (Å²) >= 11 is 0. The Morgan fingerprint density at radius 2 is 2.23 bits per heavy atom. The van der Waals surface area contributed by atoms with Gasteiger partial charge in [-0.05, 0) is 45.5 Å². The first-order valence-electron chi connectivity index (χ1n) is 9.48. The van der Waals surface area contributed by atoms with E-state index in [1.54, 1.807) is 19.5 Å². The van der Waals surface area contributed by atoms with E-state index in [9.17, 15) is 0 Å². The quantitative estimate of drug-likeness (QED) is 0.745. The molecule has 0 radical (unpaired) electrons. The van der Waals surface area contributed by atoms with E-state index < -0.39 is 0 Å². The number of aryl methyl sites for hydroxylation is 1. The van der Waals surface area contributed by atoms with Crippen LogP contribution in [0, 0.1) is 0 Å². The molecule has 1 unspecified atom stereocenters. The normalized spacial score (nSPS) is 19.5. The lowest BCUT2D eigenvalue weighted by molar-refractivity contribution is 0.182. The number of hydrogen-bond donors (Lipinski definition) is 0. The molecule has 1 aromatic carbocycles. The first-order valence-corrected chi connectivity index (χ1v) is 9.48. The van der Waals surface area contributed by atoms with E-state index in [0.29, 0.717) is 6.04 Å². The van der Waals surface area contributed by atoms with Gasteiger partial charge in [0.25, 0.3) is 0 Å². The van der Waals surface area contributed by atoms with Crippen LogP contribution in [0.4, 0.5) is 0 Å². The number of aliphatic imine (C=N–C) groups is 2. The van der Waals surface area contributed by atoms with Gasteiger partial charge in [0.1, 0.15) is 5.82 Å². The lowest BCUT2D eigenvalue weighted by atomic mass is 10.00. The number of likely N-dealkylation sites (tertiary alicyclic amines) is 1. The topological polar surface area (TPSA) is 45.8 Å². The number of aromatic nitrogens is 2. The molecule has 2 heterocycles. The monoisotopic (exact) mass is 351 g/mol. The van der Waals surface area contributed by atoms with Gasteiger partial charge >= 0.3 is 0 Å². The van der Waals surface area contributed by atoms with Crippen molar-refractivity contribution in [3.05, 3.63) is 42.4 Å². The molecule has 5 heteroatoms. The third-order valence-electron chi connectivity index (χ3n) is 5.26. The predicted octanol–water partition coefficient (Wildman–Crippen LogP) is 3.72. The van der Waals surface area contributed by atoms with Crippen molar-refractivity contribution in [2.45, 2.75) is 45.2 Å². The predicted molar refractivity (Wildman–Crippen MR) is 111 cm³/mol. The minimum absolute atomic E-state index is 0.593. The largest absolute Gasteiger partial charge is 0.328 e. The van der Waals surface area contributed by atoms with Gasteiger partial charge in [-0.2, -0.15) is 0 Å². The van der Waals surface area contributed by atoms with Crippen LogP contribution in [-0.2, 0) is 13.0 Å². The molecule has 1 saturated heterocycles. The molecule has 1 fully saturated rings. The minimum Gasteiger partial charge on any atom is -0.328 e. The maximum atomic E-state index is 4.99. The van der Waals surface area contributed by atoms with E-state index in [1.807, 2.05) is 0 Å². The van der Waals surface area contributed by atoms with Crippen LogP contribution in [0.25, 0.3) is 11.0 Å². The lowest BCUT2D eigenvalue weighted by Gasteiger charge is -2.32. The maximum absolute atomic E-state index is 4.99. The summed E-state index contributed by atoms with van der Waals surface area (Å²) in [6.07, 6.45) is 8.22. The molecule has 1 aliphatic rings. The summed E-state index contributed by atoms with van der Waals surface area (Å²) in [6, 6.07) is 6.95. The Hall–Kier alpha value is -2.27. The van der Waals surface area contributed by atoms with Crippen molar-refractivity contribution in [1.29, 1.82) is 0 Å². The van der Waals surface area contributed by atoms with E-state index in [2.05, 4.69) is 58.2 Å². The molecule has 1 atom stereocenters. The van der Waals surface area contributed by atoms with Crippen molar-refractivity contribution in [3.63, 3.8) is 0 Å². The van der Waals surface area contributed by atoms with Gasteiger partial charge in [-0.1, -0.05) is 19.1 Å². The van der Waals surface area contributed by atoms with Crippen molar-refractivity contribution in [2.75, 3.05) is 20.6 Å². The van der Waals surface area contributed by atoms with Crippen molar-refractivity contribution in [1.82, 2.24) is 14.5 Å². The van der Waals surface area contributed by atoms with Gasteiger partial charge in [0.05, 0.1) is 16.7 Å². The zero-order chi connectivity index (χ0) is 18.5. The van der Waals surface area contributed by atoms with Crippen LogP contribution >= 0.6 is 0 Å². The highest BCUT2D eigenvalue weighted by Gasteiger charge is 2.22. The first-order chi connectivity index (χ1) is 12.7. The fourth-order valence-electron chi connectivity index (χ4n) is 3.86. The number of benzene rings is 1. The Labute approximate surface area is 156 Å². The second-order valence-electron chi connectivity index (χ2n) is 6.89. The van der Waals surface area contributed by atoms with Crippen LogP contribution in [0.3, 0.4) is 0 Å². The number of rotatable bonds is 6. The molecule has 0 saturated carbocycles. The molecule has 1 aliphatic heterocycles. The summed E-state index contributed by atoms with van der Waals surface area (Å²) < 4.78 is 2.35. The smallest absolute Gasteiger partial charge is 0.111 e. The molecule has 26 heavy (non-hydrogen) atoms. The SMILES string of the molecule is C=CN=C(C=NC)c1ccc2c(c1)nc(CC1CCCCN1C)n2CC. The Bertz CT molecular complexity index is 830. The first kappa shape index (κ1) is 18.5. The van der Waals surface area contributed by atoms with Crippen LogP contribution in [0.2, 0.25) is 0 Å². The summed E-state index contributed by atoms with van der Waals surface area (Å²) in [5.41, 5.74) is 4.05. The van der Waals surface area contributed by atoms with Crippen LogP contribution in [0.1, 0.15) is 37.6 Å². The Balaban J connectivity index is 1.97. The number of likely N-dealkylation sites (N-methyl/N-ethyl adjacent to an activating group) is 1. The second kappa shape index (κ2) is 8.41. The molecule has 138 valence electrons. The van der Waals surface area contributed by atoms with Gasteiger partial charge in [-0.25, -0.2) is 4.98 Å². The highest BCUT2D eigenvalue weighted by atomic mass is 15.1. The number of nitrogens with zero attached hydrogens (tertiary/aromatic N) is 5. The number of imidazole rings is 1. The van der Waals surface area contributed by atoms with Crippen LogP contribution in [0.15, 0.2) is 41.0 Å². The van der Waals surface area contributed by atoms with Gasteiger partial charge in [-0.3, -0.25) is 9.98 Å². The van der Waals surface area contributed by atoms with Crippen LogP contribution in [0.5, 0.6) is 0 Å². The van der Waals surface area contributed by atoms with Crippen molar-refractivity contribution in [2.24, 2.45) is 9.98 Å². The molecule has 3 rings (SSSR count). The third-order valence-corrected chi connectivity index (χ3v) is 5.26. The second-order valence-corrected chi connectivity index (χ2v) is 6.89. The Morgan fingerprint density at radius 1 is 1.38 bits per heavy atom. The molecule has 0 aliphatic carbocycles. The summed E-state index contributed by atoms with van der Waals surface area (Å²) in [7, 11) is 3.99. The fourth-order valence-corrected chi connectivity index (χ4v) is 3.86. The number of piperidine rings is 1. The van der Waals surface area contributed by atoms with E-state index in [1.165, 1.54) is 37.1 Å². The van der Waals surface area contributed by atoms with Crippen LogP contribution in [-0.4, -0.2) is 53.1 Å². The Morgan fingerprint density at radius 3 is 2.92 bits per heavy atom. The van der Waals surface area contributed by atoms with E-state index in [-0.39, 0.29) is 0 Å². The van der Waals surface area contributed by atoms with Crippen molar-refractivity contribution < 1.29 is 0 Å². The third kappa shape index (κ3) is 3.78. The Kier molecular flexibility index (Phi) is 5.99. The summed E-state index contributed by atoms with van der Waals surface area (Å²) in [6.45, 7) is 8.02. The van der Waals surface area contributed by atoms with Crippen LogP contribution < -0.4 is 0 Å².